The molecule has 0 unspecified atom stereocenters. The number of fused-ring (bicyclic) bond motifs is 1. The minimum atomic E-state index is -3.82. The van der Waals surface area contributed by atoms with Gasteiger partial charge in [0, 0.05) is 16.9 Å². The van der Waals surface area contributed by atoms with Crippen molar-refractivity contribution in [3.63, 3.8) is 0 Å². The SMILES string of the molecule is Cc1ccc(S(=O)(=O)N(C)c2nc3cccc(Br)c3cc2C=O)cc1. The number of rotatable bonds is 4. The average molecular weight is 419 g/mol. The third kappa shape index (κ3) is 3.17. The van der Waals surface area contributed by atoms with Crippen LogP contribution < -0.4 is 4.31 Å². The van der Waals surface area contributed by atoms with Gasteiger partial charge in [-0.1, -0.05) is 39.7 Å². The predicted octanol–water partition coefficient (Wildman–Crippen LogP) is 3.94. The second kappa shape index (κ2) is 6.57. The second-order valence-corrected chi connectivity index (χ2v) is 8.43. The third-order valence-corrected chi connectivity index (χ3v) is 6.37. The van der Waals surface area contributed by atoms with Crippen molar-refractivity contribution >= 4 is 49.0 Å². The number of nitrogens with zero attached hydrogens (tertiary/aromatic N) is 2. The lowest BCUT2D eigenvalue weighted by atomic mass is 10.1. The molecule has 2 aromatic carbocycles. The maximum atomic E-state index is 12.9. The molecular weight excluding hydrogens is 404 g/mol. The Kier molecular flexibility index (Phi) is 4.62. The van der Waals surface area contributed by atoms with Crippen LogP contribution in [0.2, 0.25) is 0 Å². The molecule has 1 aromatic heterocycles. The van der Waals surface area contributed by atoms with E-state index in [2.05, 4.69) is 20.9 Å². The van der Waals surface area contributed by atoms with E-state index >= 15 is 0 Å². The third-order valence-electron chi connectivity index (χ3n) is 3.92. The zero-order valence-electron chi connectivity index (χ0n) is 13.6. The molecule has 0 aliphatic heterocycles. The number of hydrogen-bond acceptors (Lipinski definition) is 4. The molecule has 0 amide bonds. The standard InChI is InChI=1S/C18H15BrN2O3S/c1-12-6-8-14(9-7-12)25(23,24)21(2)18-13(11-22)10-15-16(19)4-3-5-17(15)20-18/h3-11H,1-2H3. The highest BCUT2D eigenvalue weighted by Gasteiger charge is 2.25. The summed E-state index contributed by atoms with van der Waals surface area (Å²) < 4.78 is 27.6. The number of sulfonamides is 1. The van der Waals surface area contributed by atoms with E-state index in [1.807, 2.05) is 13.0 Å². The number of pyridine rings is 1. The average Bonchev–Trinajstić information content (AvgIpc) is 2.60. The van der Waals surface area contributed by atoms with Crippen molar-refractivity contribution in [3.05, 3.63) is 64.1 Å². The van der Waals surface area contributed by atoms with Gasteiger partial charge in [0.25, 0.3) is 10.0 Å². The summed E-state index contributed by atoms with van der Waals surface area (Å²) in [5.41, 5.74) is 1.77. The lowest BCUT2D eigenvalue weighted by Gasteiger charge is -2.20. The fraction of sp³-hybridized carbons (Fsp3) is 0.111. The summed E-state index contributed by atoms with van der Waals surface area (Å²) in [7, 11) is -2.42. The molecule has 1 heterocycles. The van der Waals surface area contributed by atoms with Gasteiger partial charge in [0.1, 0.15) is 0 Å². The normalized spacial score (nSPS) is 11.5. The van der Waals surface area contributed by atoms with E-state index < -0.39 is 10.0 Å². The fourth-order valence-electron chi connectivity index (χ4n) is 2.49. The van der Waals surface area contributed by atoms with Crippen LogP contribution in [0, 0.1) is 6.92 Å². The Bertz CT molecular complexity index is 1060. The zero-order chi connectivity index (χ0) is 18.2. The molecule has 3 aromatic rings. The maximum Gasteiger partial charge on any atom is 0.265 e. The van der Waals surface area contributed by atoms with Crippen LogP contribution in [0.1, 0.15) is 15.9 Å². The van der Waals surface area contributed by atoms with Gasteiger partial charge in [0.2, 0.25) is 0 Å². The number of aromatic nitrogens is 1. The lowest BCUT2D eigenvalue weighted by Crippen LogP contribution is -2.28. The molecule has 0 radical (unpaired) electrons. The number of halogens is 1. The molecule has 0 N–H and O–H groups in total. The Morgan fingerprint density at radius 2 is 1.80 bits per heavy atom. The van der Waals surface area contributed by atoms with Gasteiger partial charge >= 0.3 is 0 Å². The van der Waals surface area contributed by atoms with E-state index in [-0.39, 0.29) is 16.3 Å². The lowest BCUT2D eigenvalue weighted by molar-refractivity contribution is 0.112. The molecule has 0 aliphatic rings. The smallest absolute Gasteiger partial charge is 0.265 e. The van der Waals surface area contributed by atoms with Gasteiger partial charge in [-0.25, -0.2) is 13.4 Å². The quantitative estimate of drug-likeness (QED) is 0.601. The molecule has 5 nitrogen and oxygen atoms in total. The molecule has 0 spiro atoms. The minimum Gasteiger partial charge on any atom is -0.298 e. The topological polar surface area (TPSA) is 67.3 Å². The van der Waals surface area contributed by atoms with Crippen LogP contribution in [0.15, 0.2) is 57.9 Å². The summed E-state index contributed by atoms with van der Waals surface area (Å²) in [6.45, 7) is 1.88. The number of carbonyl (C=O) groups excluding carboxylic acids is 1. The molecule has 25 heavy (non-hydrogen) atoms. The monoisotopic (exact) mass is 418 g/mol. The number of carbonyl (C=O) groups is 1. The molecule has 0 atom stereocenters. The molecule has 0 saturated heterocycles. The van der Waals surface area contributed by atoms with Gasteiger partial charge in [-0.15, -0.1) is 0 Å². The van der Waals surface area contributed by atoms with E-state index in [0.717, 1.165) is 19.7 Å². The summed E-state index contributed by atoms with van der Waals surface area (Å²) in [4.78, 5) is 16.1. The van der Waals surface area contributed by atoms with E-state index in [9.17, 15) is 13.2 Å². The molecule has 3 rings (SSSR count). The van der Waals surface area contributed by atoms with Crippen LogP contribution in [0.25, 0.3) is 10.9 Å². The van der Waals surface area contributed by atoms with E-state index in [1.165, 1.54) is 7.05 Å². The Balaban J connectivity index is 2.17. The van der Waals surface area contributed by atoms with Gasteiger partial charge in [0.15, 0.2) is 12.1 Å². The van der Waals surface area contributed by atoms with Crippen LogP contribution in [0.3, 0.4) is 0 Å². The van der Waals surface area contributed by atoms with Gasteiger partial charge in [0.05, 0.1) is 16.0 Å². The Labute approximate surface area is 154 Å². The maximum absolute atomic E-state index is 12.9. The molecular formula is C18H15BrN2O3S. The van der Waals surface area contributed by atoms with Crippen LogP contribution in [0.4, 0.5) is 5.82 Å². The second-order valence-electron chi connectivity index (χ2n) is 5.61. The highest BCUT2D eigenvalue weighted by Crippen LogP contribution is 2.29. The predicted molar refractivity (Wildman–Crippen MR) is 102 cm³/mol. The van der Waals surface area contributed by atoms with E-state index in [1.54, 1.807) is 42.5 Å². The van der Waals surface area contributed by atoms with Crippen molar-refractivity contribution in [2.24, 2.45) is 0 Å². The van der Waals surface area contributed by atoms with Gasteiger partial charge in [-0.3, -0.25) is 9.10 Å². The molecule has 7 heteroatoms. The van der Waals surface area contributed by atoms with Crippen LogP contribution in [-0.2, 0) is 10.0 Å². The van der Waals surface area contributed by atoms with Gasteiger partial charge in [-0.2, -0.15) is 0 Å². The largest absolute Gasteiger partial charge is 0.298 e. The Morgan fingerprint density at radius 3 is 2.44 bits per heavy atom. The number of aldehydes is 1. The van der Waals surface area contributed by atoms with E-state index in [0.29, 0.717) is 11.8 Å². The first-order chi connectivity index (χ1) is 11.8. The summed E-state index contributed by atoms with van der Waals surface area (Å²) in [6, 6.07) is 13.6. The van der Waals surface area contributed by atoms with Crippen LogP contribution in [0.5, 0.6) is 0 Å². The number of aryl methyl sites for hydroxylation is 1. The van der Waals surface area contributed by atoms with E-state index in [4.69, 9.17) is 0 Å². The molecule has 0 aliphatic carbocycles. The molecule has 0 fully saturated rings. The highest BCUT2D eigenvalue weighted by molar-refractivity contribution is 9.10. The van der Waals surface area contributed by atoms with Gasteiger partial charge < -0.3 is 0 Å². The van der Waals surface area contributed by atoms with Crippen molar-refractivity contribution in [3.8, 4) is 0 Å². The number of benzene rings is 2. The van der Waals surface area contributed by atoms with Gasteiger partial charge in [-0.05, 0) is 37.3 Å². The van der Waals surface area contributed by atoms with Crippen molar-refractivity contribution in [2.45, 2.75) is 11.8 Å². The van der Waals surface area contributed by atoms with Crippen LogP contribution >= 0.6 is 15.9 Å². The molecule has 0 bridgehead atoms. The number of anilines is 1. The Hall–Kier alpha value is -2.25. The summed E-state index contributed by atoms with van der Waals surface area (Å²) in [6.07, 6.45) is 0.613. The summed E-state index contributed by atoms with van der Waals surface area (Å²) in [5.74, 6) is 0.0983. The number of hydrogen-bond donors (Lipinski definition) is 0. The molecule has 0 saturated carbocycles. The first kappa shape index (κ1) is 17.6. The minimum absolute atomic E-state index is 0.0983. The summed E-state index contributed by atoms with van der Waals surface area (Å²) >= 11 is 3.42. The first-order valence-corrected chi connectivity index (χ1v) is 9.68. The van der Waals surface area contributed by atoms with Crippen molar-refractivity contribution in [1.29, 1.82) is 0 Å². The Morgan fingerprint density at radius 1 is 1.12 bits per heavy atom. The zero-order valence-corrected chi connectivity index (χ0v) is 16.0. The summed E-state index contributed by atoms with van der Waals surface area (Å²) in [5, 5.41) is 0.745. The van der Waals surface area contributed by atoms with Crippen molar-refractivity contribution in [2.75, 3.05) is 11.4 Å². The molecule has 128 valence electrons. The first-order valence-electron chi connectivity index (χ1n) is 7.44. The van der Waals surface area contributed by atoms with Crippen LogP contribution in [-0.4, -0.2) is 26.7 Å². The van der Waals surface area contributed by atoms with Crippen molar-refractivity contribution in [1.82, 2.24) is 4.98 Å². The fourth-order valence-corrected chi connectivity index (χ4v) is 4.13. The highest BCUT2D eigenvalue weighted by atomic mass is 79.9. The van der Waals surface area contributed by atoms with Crippen molar-refractivity contribution < 1.29 is 13.2 Å².